The molecular weight excluding hydrogens is 136 g/mol. The van der Waals surface area contributed by atoms with Crippen LogP contribution in [0.15, 0.2) is 25.9 Å². The lowest BCUT2D eigenvalue weighted by Gasteiger charge is -1.86. The van der Waals surface area contributed by atoms with Crippen LogP contribution in [0.1, 0.15) is 0 Å². The van der Waals surface area contributed by atoms with E-state index in [1.807, 2.05) is 0 Å². The quantitative estimate of drug-likeness (QED) is 0.537. The maximum absolute atomic E-state index is 5.44. The highest BCUT2D eigenvalue weighted by molar-refractivity contribution is 8.04. The molecule has 0 spiro atoms. The van der Waals surface area contributed by atoms with Crippen molar-refractivity contribution in [3.05, 3.63) is 10.7 Å². The predicted octanol–water partition coefficient (Wildman–Crippen LogP) is 0.683. The summed E-state index contributed by atoms with van der Waals surface area (Å²) in [6.07, 6.45) is 0. The standard InChI is InChI=1S/C4H4N4S/c5-3-2-4(8-7-3)6-1-9-2/h1,5H2. The molecule has 2 aliphatic rings. The molecule has 0 aromatic carbocycles. The number of nitrogens with two attached hydrogens (primary N) is 1. The Morgan fingerprint density at radius 1 is 1.44 bits per heavy atom. The van der Waals surface area contributed by atoms with Crippen LogP contribution in [-0.2, 0) is 0 Å². The number of nitrogens with zero attached hydrogens (tertiary/aromatic N) is 3. The summed E-state index contributed by atoms with van der Waals surface area (Å²) in [5, 5.41) is 7.39. The lowest BCUT2D eigenvalue weighted by atomic mass is 10.5. The molecule has 0 radical (unpaired) electrons. The number of rotatable bonds is 0. The minimum Gasteiger partial charge on any atom is -0.381 e. The van der Waals surface area contributed by atoms with Crippen molar-refractivity contribution in [3.8, 4) is 0 Å². The molecule has 9 heavy (non-hydrogen) atoms. The predicted molar refractivity (Wildman–Crippen MR) is 36.0 cm³/mol. The number of azo groups is 1. The third kappa shape index (κ3) is 0.578. The Labute approximate surface area is 55.9 Å². The average molecular weight is 140 g/mol. The van der Waals surface area contributed by atoms with Crippen molar-refractivity contribution in [1.29, 1.82) is 0 Å². The molecule has 0 unspecified atom stereocenters. The fourth-order valence-corrected chi connectivity index (χ4v) is 1.45. The van der Waals surface area contributed by atoms with Crippen LogP contribution in [0.4, 0.5) is 0 Å². The van der Waals surface area contributed by atoms with Gasteiger partial charge in [-0.2, -0.15) is 0 Å². The Balaban J connectivity index is 2.52. The largest absolute Gasteiger partial charge is 0.381 e. The Bertz CT molecular complexity index is 236. The molecule has 2 heterocycles. The van der Waals surface area contributed by atoms with E-state index in [1.54, 1.807) is 11.8 Å². The van der Waals surface area contributed by atoms with Crippen LogP contribution in [0.2, 0.25) is 0 Å². The topological polar surface area (TPSA) is 63.1 Å². The number of fused-ring (bicyclic) bond motifs is 1. The van der Waals surface area contributed by atoms with E-state index >= 15 is 0 Å². The highest BCUT2D eigenvalue weighted by atomic mass is 32.2. The van der Waals surface area contributed by atoms with E-state index in [9.17, 15) is 0 Å². The molecule has 2 aliphatic heterocycles. The molecule has 0 saturated heterocycles. The average Bonchev–Trinajstić information content (AvgIpc) is 2.35. The lowest BCUT2D eigenvalue weighted by molar-refractivity contribution is 1.16. The van der Waals surface area contributed by atoms with Crippen molar-refractivity contribution in [2.24, 2.45) is 21.0 Å². The lowest BCUT2D eigenvalue weighted by Crippen LogP contribution is -1.94. The van der Waals surface area contributed by atoms with Gasteiger partial charge >= 0.3 is 0 Å². The summed E-state index contributed by atoms with van der Waals surface area (Å²) in [6, 6.07) is 0. The highest BCUT2D eigenvalue weighted by Gasteiger charge is 2.21. The Morgan fingerprint density at radius 3 is 3.11 bits per heavy atom. The fraction of sp³-hybridized carbons (Fsp3) is 0.250. The number of aliphatic imine (C=N–C) groups is 1. The molecular formula is C4H4N4S. The molecule has 0 aliphatic carbocycles. The first kappa shape index (κ1) is 4.99. The van der Waals surface area contributed by atoms with Gasteiger partial charge in [-0.1, -0.05) is 11.8 Å². The first-order valence-corrected chi connectivity index (χ1v) is 3.45. The summed E-state index contributed by atoms with van der Waals surface area (Å²) in [4.78, 5) is 4.97. The minimum atomic E-state index is 0.510. The molecule has 2 N–H and O–H groups in total. The second-order valence-corrected chi connectivity index (χ2v) is 2.62. The van der Waals surface area contributed by atoms with Crippen LogP contribution >= 0.6 is 11.8 Å². The second kappa shape index (κ2) is 1.57. The monoisotopic (exact) mass is 140 g/mol. The highest BCUT2D eigenvalue weighted by Crippen LogP contribution is 2.30. The van der Waals surface area contributed by atoms with E-state index in [4.69, 9.17) is 5.73 Å². The van der Waals surface area contributed by atoms with Gasteiger partial charge in [0, 0.05) is 0 Å². The molecule has 0 fully saturated rings. The van der Waals surface area contributed by atoms with E-state index < -0.39 is 0 Å². The van der Waals surface area contributed by atoms with Crippen molar-refractivity contribution >= 4 is 17.6 Å². The Morgan fingerprint density at radius 2 is 2.33 bits per heavy atom. The molecule has 0 aromatic rings. The van der Waals surface area contributed by atoms with Gasteiger partial charge in [0.2, 0.25) is 0 Å². The molecule has 0 saturated carbocycles. The van der Waals surface area contributed by atoms with E-state index in [-0.39, 0.29) is 0 Å². The summed E-state index contributed by atoms with van der Waals surface area (Å²) in [6.45, 7) is 0. The van der Waals surface area contributed by atoms with Gasteiger partial charge in [0.25, 0.3) is 0 Å². The molecule has 0 bridgehead atoms. The van der Waals surface area contributed by atoms with Gasteiger partial charge in [0.15, 0.2) is 11.7 Å². The van der Waals surface area contributed by atoms with Gasteiger partial charge in [-0.3, -0.25) is 4.99 Å². The maximum atomic E-state index is 5.44. The van der Waals surface area contributed by atoms with Gasteiger partial charge in [-0.05, 0) is 0 Å². The maximum Gasteiger partial charge on any atom is 0.188 e. The molecule has 0 atom stereocenters. The van der Waals surface area contributed by atoms with E-state index in [2.05, 4.69) is 15.2 Å². The Kier molecular flexibility index (Phi) is 0.869. The van der Waals surface area contributed by atoms with Crippen LogP contribution in [0.25, 0.3) is 0 Å². The van der Waals surface area contributed by atoms with E-state index in [0.29, 0.717) is 11.7 Å². The summed E-state index contributed by atoms with van der Waals surface area (Å²) in [5.41, 5.74) is 5.44. The summed E-state index contributed by atoms with van der Waals surface area (Å²) >= 11 is 1.58. The fourth-order valence-electron chi connectivity index (χ4n) is 0.706. The number of hydrogen-bond donors (Lipinski definition) is 1. The van der Waals surface area contributed by atoms with E-state index in [1.165, 1.54) is 0 Å². The van der Waals surface area contributed by atoms with Gasteiger partial charge < -0.3 is 5.73 Å². The van der Waals surface area contributed by atoms with E-state index in [0.717, 1.165) is 10.8 Å². The van der Waals surface area contributed by atoms with Crippen molar-refractivity contribution in [3.63, 3.8) is 0 Å². The van der Waals surface area contributed by atoms with Crippen molar-refractivity contribution in [2.45, 2.75) is 0 Å². The van der Waals surface area contributed by atoms with Crippen molar-refractivity contribution < 1.29 is 0 Å². The third-order valence-corrected chi connectivity index (χ3v) is 2.05. The zero-order valence-corrected chi connectivity index (χ0v) is 5.35. The smallest absolute Gasteiger partial charge is 0.188 e. The summed E-state index contributed by atoms with van der Waals surface area (Å²) in [5.74, 6) is 1.96. The van der Waals surface area contributed by atoms with Crippen molar-refractivity contribution in [2.75, 3.05) is 5.88 Å². The van der Waals surface area contributed by atoms with Crippen molar-refractivity contribution in [1.82, 2.24) is 0 Å². The van der Waals surface area contributed by atoms with Gasteiger partial charge in [0.05, 0.1) is 10.8 Å². The normalized spacial score (nSPS) is 22.9. The SMILES string of the molecule is NC1=C2SCN=C2N=N1. The van der Waals surface area contributed by atoms with Crippen LogP contribution in [0.5, 0.6) is 0 Å². The molecule has 2 rings (SSSR count). The van der Waals surface area contributed by atoms with Gasteiger partial charge in [-0.15, -0.1) is 10.2 Å². The minimum absolute atomic E-state index is 0.510. The van der Waals surface area contributed by atoms with Gasteiger partial charge in [0.1, 0.15) is 0 Å². The third-order valence-electron chi connectivity index (χ3n) is 1.11. The molecule has 4 nitrogen and oxygen atoms in total. The number of hydrogen-bond acceptors (Lipinski definition) is 5. The molecule has 46 valence electrons. The number of amidine groups is 1. The second-order valence-electron chi connectivity index (χ2n) is 1.67. The first-order chi connectivity index (χ1) is 4.38. The Hall–Kier alpha value is -0.840. The van der Waals surface area contributed by atoms with Crippen LogP contribution in [0, 0.1) is 0 Å². The van der Waals surface area contributed by atoms with Gasteiger partial charge in [-0.25, -0.2) is 0 Å². The van der Waals surface area contributed by atoms with Crippen LogP contribution < -0.4 is 5.73 Å². The zero-order valence-electron chi connectivity index (χ0n) is 4.53. The molecule has 0 aromatic heterocycles. The summed E-state index contributed by atoms with van der Waals surface area (Å²) in [7, 11) is 0. The summed E-state index contributed by atoms with van der Waals surface area (Å²) < 4.78 is 0. The molecule has 5 heteroatoms. The zero-order chi connectivity index (χ0) is 6.27. The van der Waals surface area contributed by atoms with Crippen LogP contribution in [0.3, 0.4) is 0 Å². The molecule has 0 amide bonds. The first-order valence-electron chi connectivity index (χ1n) is 2.47. The number of thioether (sulfide) groups is 1. The van der Waals surface area contributed by atoms with Crippen LogP contribution in [-0.4, -0.2) is 11.7 Å².